The van der Waals surface area contributed by atoms with E-state index in [1.807, 2.05) is 18.2 Å². The van der Waals surface area contributed by atoms with Gasteiger partial charge in [-0.15, -0.1) is 0 Å². The number of hydrogen-bond acceptors (Lipinski definition) is 5. The van der Waals surface area contributed by atoms with Crippen LogP contribution in [0.3, 0.4) is 0 Å². The van der Waals surface area contributed by atoms with Crippen LogP contribution in [0.4, 0.5) is 10.5 Å². The molecule has 1 aromatic carbocycles. The lowest BCUT2D eigenvalue weighted by Crippen LogP contribution is -2.42. The van der Waals surface area contributed by atoms with E-state index in [1.54, 1.807) is 14.2 Å². The molecule has 0 radical (unpaired) electrons. The zero-order valence-corrected chi connectivity index (χ0v) is 12.8. The molecule has 1 fully saturated rings. The molecule has 1 aliphatic heterocycles. The normalized spacial score (nSPS) is 13.9. The number of nitrogens with zero attached hydrogens (tertiary/aromatic N) is 1. The van der Waals surface area contributed by atoms with Crippen LogP contribution in [-0.2, 0) is 4.79 Å². The van der Waals surface area contributed by atoms with Gasteiger partial charge in [0.25, 0.3) is 0 Å². The number of urea groups is 1. The molecule has 0 unspecified atom stereocenters. The van der Waals surface area contributed by atoms with E-state index in [0.717, 1.165) is 17.9 Å². The zero-order chi connectivity index (χ0) is 15.9. The van der Waals surface area contributed by atoms with Gasteiger partial charge in [0.1, 0.15) is 11.5 Å². The SMILES string of the molecule is COc1ccc(OC)c(NCCNC(=O)N2CCCC2=O)c1. The summed E-state index contributed by atoms with van der Waals surface area (Å²) < 4.78 is 10.4. The van der Waals surface area contributed by atoms with Crippen molar-refractivity contribution in [3.8, 4) is 11.5 Å². The van der Waals surface area contributed by atoms with Crippen LogP contribution in [-0.4, -0.2) is 50.7 Å². The number of ether oxygens (including phenoxy) is 2. The van der Waals surface area contributed by atoms with Gasteiger partial charge in [0.05, 0.1) is 19.9 Å². The van der Waals surface area contributed by atoms with Gasteiger partial charge >= 0.3 is 6.03 Å². The molecule has 3 amide bonds. The van der Waals surface area contributed by atoms with Crippen molar-refractivity contribution in [2.24, 2.45) is 0 Å². The van der Waals surface area contributed by atoms with E-state index in [-0.39, 0.29) is 11.9 Å². The smallest absolute Gasteiger partial charge is 0.324 e. The monoisotopic (exact) mass is 307 g/mol. The maximum atomic E-state index is 11.8. The summed E-state index contributed by atoms with van der Waals surface area (Å²) >= 11 is 0. The predicted molar refractivity (Wildman–Crippen MR) is 82.4 cm³/mol. The molecule has 2 N–H and O–H groups in total. The summed E-state index contributed by atoms with van der Waals surface area (Å²) in [4.78, 5) is 24.5. The lowest BCUT2D eigenvalue weighted by Gasteiger charge is -2.16. The molecule has 0 aliphatic carbocycles. The van der Waals surface area contributed by atoms with Gasteiger partial charge in [-0.2, -0.15) is 0 Å². The Bertz CT molecular complexity index is 548. The first kappa shape index (κ1) is 15.9. The standard InChI is InChI=1S/C15H21N3O4/c1-21-11-5-6-13(22-2)12(10-11)16-7-8-17-15(20)18-9-3-4-14(18)19/h5-6,10,16H,3-4,7-9H2,1-2H3,(H,17,20). The predicted octanol–water partition coefficient (Wildman–Crippen LogP) is 1.45. The van der Waals surface area contributed by atoms with Gasteiger partial charge in [0.2, 0.25) is 5.91 Å². The minimum Gasteiger partial charge on any atom is -0.497 e. The van der Waals surface area contributed by atoms with E-state index < -0.39 is 0 Å². The molecule has 1 aromatic rings. The van der Waals surface area contributed by atoms with Crippen molar-refractivity contribution in [2.45, 2.75) is 12.8 Å². The molecule has 0 saturated carbocycles. The van der Waals surface area contributed by atoms with Crippen molar-refractivity contribution in [3.05, 3.63) is 18.2 Å². The van der Waals surface area contributed by atoms with Gasteiger partial charge in [-0.1, -0.05) is 0 Å². The van der Waals surface area contributed by atoms with Crippen LogP contribution in [0.5, 0.6) is 11.5 Å². The highest BCUT2D eigenvalue weighted by Crippen LogP contribution is 2.28. The Kier molecular flexibility index (Phi) is 5.46. The summed E-state index contributed by atoms with van der Waals surface area (Å²) in [7, 11) is 3.19. The van der Waals surface area contributed by atoms with E-state index in [9.17, 15) is 9.59 Å². The number of carbonyl (C=O) groups excluding carboxylic acids is 2. The maximum Gasteiger partial charge on any atom is 0.324 e. The second-order valence-electron chi connectivity index (χ2n) is 4.87. The average molecular weight is 307 g/mol. The van der Waals surface area contributed by atoms with Crippen LogP contribution in [0.2, 0.25) is 0 Å². The number of benzene rings is 1. The van der Waals surface area contributed by atoms with Crippen LogP contribution in [0, 0.1) is 0 Å². The maximum absolute atomic E-state index is 11.8. The van der Waals surface area contributed by atoms with E-state index in [0.29, 0.717) is 31.8 Å². The number of imide groups is 1. The van der Waals surface area contributed by atoms with Crippen LogP contribution >= 0.6 is 0 Å². The molecular weight excluding hydrogens is 286 g/mol. The minimum absolute atomic E-state index is 0.111. The molecule has 0 bridgehead atoms. The fourth-order valence-corrected chi connectivity index (χ4v) is 2.28. The van der Waals surface area contributed by atoms with Crippen molar-refractivity contribution in [1.29, 1.82) is 0 Å². The van der Waals surface area contributed by atoms with Crippen LogP contribution < -0.4 is 20.1 Å². The highest BCUT2D eigenvalue weighted by atomic mass is 16.5. The summed E-state index contributed by atoms with van der Waals surface area (Å²) in [5.74, 6) is 1.30. The Hall–Kier alpha value is -2.44. The molecule has 1 aliphatic rings. The second-order valence-corrected chi connectivity index (χ2v) is 4.87. The van der Waals surface area contributed by atoms with Gasteiger partial charge in [0, 0.05) is 32.1 Å². The highest BCUT2D eigenvalue weighted by Gasteiger charge is 2.25. The largest absolute Gasteiger partial charge is 0.497 e. The first-order valence-corrected chi connectivity index (χ1v) is 7.20. The summed E-state index contributed by atoms with van der Waals surface area (Å²) in [6.45, 7) is 1.42. The van der Waals surface area contributed by atoms with Crippen LogP contribution in [0.1, 0.15) is 12.8 Å². The van der Waals surface area contributed by atoms with Crippen LogP contribution in [0.15, 0.2) is 18.2 Å². The third-order valence-corrected chi connectivity index (χ3v) is 3.44. The highest BCUT2D eigenvalue weighted by molar-refractivity contribution is 5.95. The lowest BCUT2D eigenvalue weighted by atomic mass is 10.2. The molecule has 22 heavy (non-hydrogen) atoms. The number of carbonyl (C=O) groups is 2. The minimum atomic E-state index is -0.332. The van der Waals surface area contributed by atoms with Gasteiger partial charge in [-0.05, 0) is 18.6 Å². The molecule has 2 rings (SSSR count). The fourth-order valence-electron chi connectivity index (χ4n) is 2.28. The molecule has 0 atom stereocenters. The lowest BCUT2D eigenvalue weighted by molar-refractivity contribution is -0.125. The number of hydrogen-bond donors (Lipinski definition) is 2. The average Bonchev–Trinajstić information content (AvgIpc) is 2.97. The number of anilines is 1. The van der Waals surface area contributed by atoms with Crippen molar-refractivity contribution in [1.82, 2.24) is 10.2 Å². The Labute approximate surface area is 129 Å². The number of nitrogens with one attached hydrogen (secondary N) is 2. The second kappa shape index (κ2) is 7.53. The molecule has 7 heteroatoms. The number of rotatable bonds is 6. The van der Waals surface area contributed by atoms with Crippen molar-refractivity contribution in [2.75, 3.05) is 39.2 Å². The van der Waals surface area contributed by atoms with E-state index in [1.165, 1.54) is 4.90 Å². The van der Waals surface area contributed by atoms with E-state index in [4.69, 9.17) is 9.47 Å². The number of methoxy groups -OCH3 is 2. The first-order valence-electron chi connectivity index (χ1n) is 7.20. The van der Waals surface area contributed by atoms with E-state index in [2.05, 4.69) is 10.6 Å². The Morgan fingerprint density at radius 3 is 2.73 bits per heavy atom. The molecule has 1 heterocycles. The van der Waals surface area contributed by atoms with Crippen molar-refractivity contribution < 1.29 is 19.1 Å². The molecule has 7 nitrogen and oxygen atoms in total. The summed E-state index contributed by atoms with van der Waals surface area (Å²) in [5.41, 5.74) is 0.786. The van der Waals surface area contributed by atoms with Gasteiger partial charge in [-0.3, -0.25) is 9.69 Å². The summed E-state index contributed by atoms with van der Waals surface area (Å²) in [5, 5.41) is 5.90. The molecule has 0 aromatic heterocycles. The summed E-state index contributed by atoms with van der Waals surface area (Å²) in [6, 6.07) is 5.11. The van der Waals surface area contributed by atoms with Crippen LogP contribution in [0.25, 0.3) is 0 Å². The Morgan fingerprint density at radius 1 is 1.27 bits per heavy atom. The third-order valence-electron chi connectivity index (χ3n) is 3.44. The Balaban J connectivity index is 1.81. The zero-order valence-electron chi connectivity index (χ0n) is 12.8. The number of likely N-dealkylation sites (tertiary alicyclic amines) is 1. The van der Waals surface area contributed by atoms with Gasteiger partial charge in [-0.25, -0.2) is 4.79 Å². The Morgan fingerprint density at radius 2 is 2.09 bits per heavy atom. The summed E-state index contributed by atoms with van der Waals surface area (Å²) in [6.07, 6.45) is 1.19. The fraction of sp³-hybridized carbons (Fsp3) is 0.467. The third kappa shape index (κ3) is 3.81. The molecule has 1 saturated heterocycles. The molecule has 0 spiro atoms. The first-order chi connectivity index (χ1) is 10.7. The quantitative estimate of drug-likeness (QED) is 0.778. The van der Waals surface area contributed by atoms with Gasteiger partial charge in [0.15, 0.2) is 0 Å². The van der Waals surface area contributed by atoms with Crippen molar-refractivity contribution in [3.63, 3.8) is 0 Å². The van der Waals surface area contributed by atoms with Gasteiger partial charge < -0.3 is 20.1 Å². The molecule has 120 valence electrons. The van der Waals surface area contributed by atoms with E-state index >= 15 is 0 Å². The molecular formula is C15H21N3O4. The topological polar surface area (TPSA) is 79.9 Å². The van der Waals surface area contributed by atoms with Crippen molar-refractivity contribution >= 4 is 17.6 Å². The number of amides is 3.